The van der Waals surface area contributed by atoms with Gasteiger partial charge in [0.25, 0.3) is 10.0 Å². The number of nitrogens with one attached hydrogen (secondary N) is 2. The Balaban J connectivity index is 1.62. The van der Waals surface area contributed by atoms with Gasteiger partial charge >= 0.3 is 0 Å². The summed E-state index contributed by atoms with van der Waals surface area (Å²) in [6, 6.07) is 11.3. The summed E-state index contributed by atoms with van der Waals surface area (Å²) in [5.41, 5.74) is 1.09. The summed E-state index contributed by atoms with van der Waals surface area (Å²) in [6.07, 6.45) is 1.17. The molecule has 0 atom stereocenters. The number of ether oxygens (including phenoxy) is 1. The van der Waals surface area contributed by atoms with Crippen LogP contribution in [0.2, 0.25) is 5.02 Å². The highest BCUT2D eigenvalue weighted by atomic mass is 35.5. The van der Waals surface area contributed by atoms with Crippen molar-refractivity contribution in [3.63, 3.8) is 0 Å². The zero-order valence-corrected chi connectivity index (χ0v) is 19.5. The van der Waals surface area contributed by atoms with Crippen molar-refractivity contribution in [2.24, 2.45) is 0 Å². The van der Waals surface area contributed by atoms with Gasteiger partial charge in [-0.3, -0.25) is 14.3 Å². The van der Waals surface area contributed by atoms with Gasteiger partial charge in [-0.15, -0.1) is 0 Å². The molecular formula is C22H25ClN4O5S. The van der Waals surface area contributed by atoms with Crippen molar-refractivity contribution in [1.29, 1.82) is 0 Å². The number of hydrogen-bond acceptors (Lipinski definition) is 6. The van der Waals surface area contributed by atoms with Crippen molar-refractivity contribution in [3.05, 3.63) is 47.5 Å². The van der Waals surface area contributed by atoms with Gasteiger partial charge in [0.15, 0.2) is 0 Å². The van der Waals surface area contributed by atoms with Crippen LogP contribution in [0.4, 0.5) is 17.1 Å². The Hall–Kier alpha value is -2.82. The molecule has 0 bridgehead atoms. The third-order valence-electron chi connectivity index (χ3n) is 5.51. The molecule has 2 fully saturated rings. The second-order valence-electron chi connectivity index (χ2n) is 7.83. The minimum absolute atomic E-state index is 0.0133. The molecule has 2 aliphatic heterocycles. The first kappa shape index (κ1) is 23.3. The van der Waals surface area contributed by atoms with E-state index in [9.17, 15) is 18.0 Å². The minimum atomic E-state index is -4.04. The van der Waals surface area contributed by atoms with Crippen LogP contribution in [-0.2, 0) is 24.3 Å². The fourth-order valence-corrected chi connectivity index (χ4v) is 5.43. The summed E-state index contributed by atoms with van der Waals surface area (Å²) < 4.78 is 34.7. The van der Waals surface area contributed by atoms with Gasteiger partial charge in [-0.05, 0) is 36.8 Å². The zero-order valence-electron chi connectivity index (χ0n) is 17.9. The lowest BCUT2D eigenvalue weighted by Gasteiger charge is -2.30. The van der Waals surface area contributed by atoms with Crippen LogP contribution >= 0.6 is 11.6 Å². The number of halogens is 1. The lowest BCUT2D eigenvalue weighted by atomic mass is 10.2. The normalized spacial score (nSPS) is 16.7. The van der Waals surface area contributed by atoms with E-state index in [2.05, 4.69) is 10.0 Å². The van der Waals surface area contributed by atoms with E-state index in [4.69, 9.17) is 16.3 Å². The Labute approximate surface area is 197 Å². The predicted molar refractivity (Wildman–Crippen MR) is 126 cm³/mol. The molecule has 2 heterocycles. The maximum atomic E-state index is 13.4. The van der Waals surface area contributed by atoms with Crippen LogP contribution in [0.5, 0.6) is 0 Å². The van der Waals surface area contributed by atoms with Gasteiger partial charge in [0.05, 0.1) is 36.2 Å². The molecule has 0 aliphatic carbocycles. The number of rotatable bonds is 7. The summed E-state index contributed by atoms with van der Waals surface area (Å²) in [6.45, 7) is 2.53. The molecule has 0 spiro atoms. The van der Waals surface area contributed by atoms with Crippen molar-refractivity contribution in [2.75, 3.05) is 54.3 Å². The van der Waals surface area contributed by atoms with Gasteiger partial charge in [-0.25, -0.2) is 8.42 Å². The number of benzene rings is 2. The first-order chi connectivity index (χ1) is 15.8. The van der Waals surface area contributed by atoms with Crippen LogP contribution in [0.25, 0.3) is 0 Å². The van der Waals surface area contributed by atoms with E-state index < -0.39 is 10.0 Å². The Bertz CT molecular complexity index is 1150. The molecule has 4 rings (SSSR count). The average Bonchev–Trinajstić information content (AvgIpc) is 3.20. The lowest BCUT2D eigenvalue weighted by molar-refractivity contribution is -0.131. The van der Waals surface area contributed by atoms with E-state index in [1.54, 1.807) is 36.4 Å². The second kappa shape index (κ2) is 9.98. The van der Waals surface area contributed by atoms with Crippen molar-refractivity contribution in [2.45, 2.75) is 17.7 Å². The predicted octanol–water partition coefficient (Wildman–Crippen LogP) is 2.54. The van der Waals surface area contributed by atoms with E-state index in [1.807, 2.05) is 4.90 Å². The smallest absolute Gasteiger partial charge is 0.264 e. The summed E-state index contributed by atoms with van der Waals surface area (Å²) in [5.74, 6) is -0.438. The molecule has 11 heteroatoms. The Morgan fingerprint density at radius 3 is 2.55 bits per heavy atom. The molecule has 2 N–H and O–H groups in total. The molecule has 2 aromatic rings. The number of carbonyl (C=O) groups is 2. The van der Waals surface area contributed by atoms with Gasteiger partial charge in [0.2, 0.25) is 11.8 Å². The van der Waals surface area contributed by atoms with E-state index >= 15 is 0 Å². The molecule has 0 radical (unpaired) electrons. The molecule has 176 valence electrons. The monoisotopic (exact) mass is 492 g/mol. The van der Waals surface area contributed by atoms with E-state index in [1.165, 1.54) is 11.0 Å². The van der Waals surface area contributed by atoms with Crippen LogP contribution in [0.15, 0.2) is 47.4 Å². The van der Waals surface area contributed by atoms with Gasteiger partial charge < -0.3 is 19.9 Å². The Kier molecular flexibility index (Phi) is 7.06. The van der Waals surface area contributed by atoms with Crippen LogP contribution in [0.3, 0.4) is 0 Å². The molecular weight excluding hydrogens is 468 g/mol. The standard InChI is InChI=1S/C22H25ClN4O5S/c23-17-4-1-2-5-18(17)25-33(30,31)20-14-16(7-8-19(20)26-10-12-32-13-11-26)24-21(28)15-27-9-3-6-22(27)29/h1-2,4-5,7-8,14,25H,3,6,9-13,15H2,(H,24,28). The third-order valence-corrected chi connectivity index (χ3v) is 7.23. The number of para-hydroxylation sites is 1. The molecule has 9 nitrogen and oxygen atoms in total. The van der Waals surface area contributed by atoms with Gasteiger partial charge in [-0.2, -0.15) is 0 Å². The molecule has 2 saturated heterocycles. The largest absolute Gasteiger partial charge is 0.378 e. The number of sulfonamides is 1. The van der Waals surface area contributed by atoms with Crippen LogP contribution < -0.4 is 14.9 Å². The van der Waals surface area contributed by atoms with Crippen molar-refractivity contribution < 1.29 is 22.7 Å². The average molecular weight is 493 g/mol. The highest BCUT2D eigenvalue weighted by Gasteiger charge is 2.26. The molecule has 2 aromatic carbocycles. The fraction of sp³-hybridized carbons (Fsp3) is 0.364. The Morgan fingerprint density at radius 1 is 1.09 bits per heavy atom. The summed E-state index contributed by atoms with van der Waals surface area (Å²) in [7, 11) is -4.04. The van der Waals surface area contributed by atoms with Crippen molar-refractivity contribution in [1.82, 2.24) is 4.90 Å². The number of amides is 2. The SMILES string of the molecule is O=C(CN1CCCC1=O)Nc1ccc(N2CCOCC2)c(S(=O)(=O)Nc2ccccc2Cl)c1. The quantitative estimate of drug-likeness (QED) is 0.615. The lowest BCUT2D eigenvalue weighted by Crippen LogP contribution is -2.37. The van der Waals surface area contributed by atoms with Crippen LogP contribution in [0, 0.1) is 0 Å². The number of anilines is 3. The number of hydrogen-bond donors (Lipinski definition) is 2. The maximum Gasteiger partial charge on any atom is 0.264 e. The highest BCUT2D eigenvalue weighted by Crippen LogP contribution is 2.32. The summed E-state index contributed by atoms with van der Waals surface area (Å²) in [5, 5.41) is 2.98. The van der Waals surface area contributed by atoms with E-state index in [-0.39, 0.29) is 34.0 Å². The molecule has 2 aliphatic rings. The number of likely N-dealkylation sites (tertiary alicyclic amines) is 1. The zero-order chi connectivity index (χ0) is 23.4. The highest BCUT2D eigenvalue weighted by molar-refractivity contribution is 7.93. The van der Waals surface area contributed by atoms with Crippen molar-refractivity contribution >= 4 is 50.5 Å². The van der Waals surface area contributed by atoms with Gasteiger partial charge in [0.1, 0.15) is 4.90 Å². The molecule has 2 amide bonds. The summed E-state index contributed by atoms with van der Waals surface area (Å²) in [4.78, 5) is 27.7. The van der Waals surface area contributed by atoms with Crippen molar-refractivity contribution in [3.8, 4) is 0 Å². The van der Waals surface area contributed by atoms with E-state index in [0.717, 1.165) is 6.42 Å². The minimum Gasteiger partial charge on any atom is -0.378 e. The molecule has 33 heavy (non-hydrogen) atoms. The van der Waals surface area contributed by atoms with E-state index in [0.29, 0.717) is 50.6 Å². The first-order valence-corrected chi connectivity index (χ1v) is 12.5. The maximum absolute atomic E-state index is 13.4. The fourth-order valence-electron chi connectivity index (χ4n) is 3.86. The molecule has 0 saturated carbocycles. The third kappa shape index (κ3) is 5.58. The van der Waals surface area contributed by atoms with Gasteiger partial charge in [0, 0.05) is 31.7 Å². The van der Waals surface area contributed by atoms with Crippen LogP contribution in [-0.4, -0.2) is 64.5 Å². The molecule has 0 unspecified atom stereocenters. The topological polar surface area (TPSA) is 108 Å². The second-order valence-corrected chi connectivity index (χ2v) is 9.89. The first-order valence-electron chi connectivity index (χ1n) is 10.7. The summed E-state index contributed by atoms with van der Waals surface area (Å²) >= 11 is 6.16. The number of morpholine rings is 1. The Morgan fingerprint density at radius 2 is 1.85 bits per heavy atom. The molecule has 0 aromatic heterocycles. The van der Waals surface area contributed by atoms with Gasteiger partial charge in [-0.1, -0.05) is 23.7 Å². The van der Waals surface area contributed by atoms with Crippen LogP contribution in [0.1, 0.15) is 12.8 Å². The number of nitrogens with zero attached hydrogens (tertiary/aromatic N) is 2. The number of carbonyl (C=O) groups excluding carboxylic acids is 2.